The summed E-state index contributed by atoms with van der Waals surface area (Å²) in [5.41, 5.74) is 0.639. The second-order valence-corrected chi connectivity index (χ2v) is 7.43. The number of ether oxygens (including phenoxy) is 1. The molecule has 0 saturated carbocycles. The van der Waals surface area contributed by atoms with Crippen LogP contribution in [0.1, 0.15) is 27.1 Å². The highest BCUT2D eigenvalue weighted by atomic mass is 32.1. The van der Waals surface area contributed by atoms with Gasteiger partial charge in [0.05, 0.1) is 12.3 Å². The summed E-state index contributed by atoms with van der Waals surface area (Å²) in [6, 6.07) is 15.7. The average molecular weight is 418 g/mol. The van der Waals surface area contributed by atoms with Crippen molar-refractivity contribution in [1.29, 1.82) is 0 Å². The molecule has 1 aliphatic heterocycles. The Morgan fingerprint density at radius 3 is 2.47 bits per heavy atom. The van der Waals surface area contributed by atoms with Crippen LogP contribution in [0, 0.1) is 0 Å². The maximum absolute atomic E-state index is 13.3. The number of imide groups is 1. The standard InChI is InChI=1S/C21H14N4O4S/c1-2-29-14-11-7-6-10-13(14)24-19(27)16-17(20(24)28)30-21-22-18(26)15(23-25(16)21)12-8-4-3-5-9-12/h3-11H,2H2,1H3. The molecule has 9 heteroatoms. The number of amides is 2. The van der Waals surface area contributed by atoms with E-state index in [2.05, 4.69) is 10.1 Å². The molecule has 0 atom stereocenters. The van der Waals surface area contributed by atoms with E-state index in [0.29, 0.717) is 23.6 Å². The normalized spacial score (nSPS) is 13.2. The topological polar surface area (TPSA) is 93.9 Å². The summed E-state index contributed by atoms with van der Waals surface area (Å²) in [6.07, 6.45) is 0. The zero-order valence-electron chi connectivity index (χ0n) is 15.7. The molecule has 30 heavy (non-hydrogen) atoms. The van der Waals surface area contributed by atoms with Crippen molar-refractivity contribution >= 4 is 33.8 Å². The maximum Gasteiger partial charge on any atom is 0.300 e. The summed E-state index contributed by atoms with van der Waals surface area (Å²) in [5, 5.41) is 4.37. The van der Waals surface area contributed by atoms with E-state index in [-0.39, 0.29) is 21.2 Å². The molecule has 0 unspecified atom stereocenters. The third-order valence-corrected chi connectivity index (χ3v) is 5.68. The van der Waals surface area contributed by atoms with E-state index in [9.17, 15) is 14.4 Å². The third-order valence-electron chi connectivity index (χ3n) is 4.66. The first kappa shape index (κ1) is 18.2. The van der Waals surface area contributed by atoms with Gasteiger partial charge in [-0.25, -0.2) is 4.90 Å². The van der Waals surface area contributed by atoms with Gasteiger partial charge in [0.2, 0.25) is 4.96 Å². The second kappa shape index (κ2) is 6.89. The van der Waals surface area contributed by atoms with E-state index in [1.54, 1.807) is 48.5 Å². The van der Waals surface area contributed by atoms with Crippen LogP contribution < -0.4 is 15.2 Å². The predicted octanol–water partition coefficient (Wildman–Crippen LogP) is 3.02. The Morgan fingerprint density at radius 2 is 1.70 bits per heavy atom. The molecule has 2 amide bonds. The summed E-state index contributed by atoms with van der Waals surface area (Å²) in [6.45, 7) is 2.22. The van der Waals surface area contributed by atoms with Crippen LogP contribution in [0.4, 0.5) is 5.69 Å². The monoisotopic (exact) mass is 418 g/mol. The number of nitrogens with zero attached hydrogens (tertiary/aromatic N) is 4. The summed E-state index contributed by atoms with van der Waals surface area (Å²) < 4.78 is 6.87. The van der Waals surface area contributed by atoms with Crippen molar-refractivity contribution in [2.75, 3.05) is 11.5 Å². The fourth-order valence-electron chi connectivity index (χ4n) is 3.37. The lowest BCUT2D eigenvalue weighted by Crippen LogP contribution is -2.31. The van der Waals surface area contributed by atoms with Gasteiger partial charge in [0, 0.05) is 5.56 Å². The van der Waals surface area contributed by atoms with E-state index in [1.807, 2.05) is 13.0 Å². The van der Waals surface area contributed by atoms with Gasteiger partial charge in [-0.1, -0.05) is 53.8 Å². The number of para-hydroxylation sites is 2. The van der Waals surface area contributed by atoms with Crippen LogP contribution in [0.25, 0.3) is 16.2 Å². The zero-order chi connectivity index (χ0) is 20.8. The lowest BCUT2D eigenvalue weighted by molar-refractivity contribution is 0.0923. The fraction of sp³-hybridized carbons (Fsp3) is 0.0952. The van der Waals surface area contributed by atoms with Gasteiger partial charge >= 0.3 is 5.56 Å². The number of thiazole rings is 1. The molecule has 1 aliphatic rings. The van der Waals surface area contributed by atoms with E-state index in [4.69, 9.17) is 4.74 Å². The van der Waals surface area contributed by atoms with Gasteiger partial charge in [-0.3, -0.25) is 14.4 Å². The molecule has 2 aromatic heterocycles. The number of carbonyl (C=O) groups excluding carboxylic acids is 2. The Bertz CT molecular complexity index is 1380. The number of benzene rings is 2. The van der Waals surface area contributed by atoms with E-state index < -0.39 is 17.4 Å². The van der Waals surface area contributed by atoms with Crippen molar-refractivity contribution in [3.8, 4) is 17.0 Å². The van der Waals surface area contributed by atoms with Crippen LogP contribution in [-0.2, 0) is 0 Å². The molecule has 2 aromatic carbocycles. The number of aromatic nitrogens is 3. The fourth-order valence-corrected chi connectivity index (χ4v) is 4.35. The van der Waals surface area contributed by atoms with Crippen molar-refractivity contribution in [3.63, 3.8) is 0 Å². The molecule has 0 bridgehead atoms. The lowest BCUT2D eigenvalue weighted by atomic mass is 10.2. The number of fused-ring (bicyclic) bond motifs is 3. The number of hydrogen-bond donors (Lipinski definition) is 0. The molecular weight excluding hydrogens is 404 g/mol. The molecule has 0 radical (unpaired) electrons. The van der Waals surface area contributed by atoms with Crippen LogP contribution in [-0.4, -0.2) is 33.0 Å². The Kier molecular flexibility index (Phi) is 4.18. The zero-order valence-corrected chi connectivity index (χ0v) is 16.5. The van der Waals surface area contributed by atoms with Gasteiger partial charge < -0.3 is 4.74 Å². The van der Waals surface area contributed by atoms with Gasteiger partial charge in [0.15, 0.2) is 11.4 Å². The smallest absolute Gasteiger partial charge is 0.300 e. The molecule has 0 spiro atoms. The second-order valence-electron chi connectivity index (χ2n) is 6.45. The van der Waals surface area contributed by atoms with Crippen molar-refractivity contribution in [2.45, 2.75) is 6.92 Å². The molecule has 0 saturated heterocycles. The number of anilines is 1. The average Bonchev–Trinajstić information content (AvgIpc) is 3.24. The van der Waals surface area contributed by atoms with E-state index in [1.165, 1.54) is 4.52 Å². The summed E-state index contributed by atoms with van der Waals surface area (Å²) in [5.74, 6) is -0.595. The first-order valence-electron chi connectivity index (χ1n) is 9.20. The van der Waals surface area contributed by atoms with Gasteiger partial charge in [0.1, 0.15) is 10.6 Å². The largest absolute Gasteiger partial charge is 0.492 e. The van der Waals surface area contributed by atoms with Crippen LogP contribution in [0.15, 0.2) is 59.4 Å². The first-order chi connectivity index (χ1) is 14.6. The van der Waals surface area contributed by atoms with Gasteiger partial charge in [-0.05, 0) is 19.1 Å². The van der Waals surface area contributed by atoms with Gasteiger partial charge in [0.25, 0.3) is 11.8 Å². The predicted molar refractivity (Wildman–Crippen MR) is 111 cm³/mol. The lowest BCUT2D eigenvalue weighted by Gasteiger charge is -2.17. The SMILES string of the molecule is CCOc1ccccc1N1C(=O)c2sc3nc(=O)c(-c4ccccc4)nn3c2C1=O. The van der Waals surface area contributed by atoms with Crippen LogP contribution in [0.2, 0.25) is 0 Å². The van der Waals surface area contributed by atoms with Crippen LogP contribution in [0.3, 0.4) is 0 Å². The first-order valence-corrected chi connectivity index (χ1v) is 10.0. The van der Waals surface area contributed by atoms with Crippen molar-refractivity contribution < 1.29 is 14.3 Å². The maximum atomic E-state index is 13.3. The highest BCUT2D eigenvalue weighted by Crippen LogP contribution is 2.37. The van der Waals surface area contributed by atoms with Crippen molar-refractivity contribution in [2.24, 2.45) is 0 Å². The Hall–Kier alpha value is -3.85. The van der Waals surface area contributed by atoms with Gasteiger partial charge in [-0.2, -0.15) is 14.6 Å². The molecule has 0 aliphatic carbocycles. The van der Waals surface area contributed by atoms with Gasteiger partial charge in [-0.15, -0.1) is 0 Å². The molecule has 0 fully saturated rings. The highest BCUT2D eigenvalue weighted by molar-refractivity contribution is 7.19. The quantitative estimate of drug-likeness (QED) is 0.473. The van der Waals surface area contributed by atoms with Crippen LogP contribution >= 0.6 is 11.3 Å². The summed E-state index contributed by atoms with van der Waals surface area (Å²) in [7, 11) is 0. The molecule has 0 N–H and O–H groups in total. The molecule has 3 heterocycles. The Morgan fingerprint density at radius 1 is 0.967 bits per heavy atom. The number of carbonyl (C=O) groups is 2. The molecule has 148 valence electrons. The Labute approximate surface area is 174 Å². The summed E-state index contributed by atoms with van der Waals surface area (Å²) >= 11 is 0.970. The minimum Gasteiger partial charge on any atom is -0.492 e. The van der Waals surface area contributed by atoms with E-state index in [0.717, 1.165) is 16.2 Å². The minimum atomic E-state index is -0.537. The minimum absolute atomic E-state index is 0.0935. The Balaban J connectivity index is 1.68. The third kappa shape index (κ3) is 2.63. The van der Waals surface area contributed by atoms with Crippen molar-refractivity contribution in [3.05, 3.63) is 75.5 Å². The molecular formula is C21H14N4O4S. The van der Waals surface area contributed by atoms with Crippen LogP contribution in [0.5, 0.6) is 5.75 Å². The number of hydrogen-bond acceptors (Lipinski definition) is 7. The van der Waals surface area contributed by atoms with E-state index >= 15 is 0 Å². The highest BCUT2D eigenvalue weighted by Gasteiger charge is 2.43. The molecule has 4 aromatic rings. The number of rotatable bonds is 4. The molecule has 8 nitrogen and oxygen atoms in total. The summed E-state index contributed by atoms with van der Waals surface area (Å²) in [4.78, 5) is 44.3. The van der Waals surface area contributed by atoms with Crippen molar-refractivity contribution in [1.82, 2.24) is 14.6 Å². The molecule has 5 rings (SSSR count).